The van der Waals surface area contributed by atoms with Gasteiger partial charge in [-0.15, -0.1) is 0 Å². The molecule has 1 N–H and O–H groups in total. The maximum absolute atomic E-state index is 12.6. The molecule has 0 radical (unpaired) electrons. The van der Waals surface area contributed by atoms with Gasteiger partial charge in [-0.2, -0.15) is 0 Å². The summed E-state index contributed by atoms with van der Waals surface area (Å²) in [7, 11) is 1.76. The van der Waals surface area contributed by atoms with Crippen LogP contribution >= 0.6 is 0 Å². The Hall–Kier alpha value is -3.67. The molecular formula is C23H23N3O3. The Labute approximate surface area is 170 Å². The van der Waals surface area contributed by atoms with Gasteiger partial charge in [-0.3, -0.25) is 4.79 Å². The van der Waals surface area contributed by atoms with Crippen molar-refractivity contribution in [3.05, 3.63) is 89.7 Å². The molecule has 6 nitrogen and oxygen atoms in total. The highest BCUT2D eigenvalue weighted by Gasteiger charge is 2.13. The summed E-state index contributed by atoms with van der Waals surface area (Å²) in [6, 6.07) is 20.3. The number of carbonyl (C=O) groups excluding carboxylic acids is 2. The van der Waals surface area contributed by atoms with Crippen LogP contribution in [-0.4, -0.2) is 35.4 Å². The molecule has 3 rings (SSSR count). The maximum atomic E-state index is 12.6. The summed E-state index contributed by atoms with van der Waals surface area (Å²) in [5.74, 6) is -0.484. The van der Waals surface area contributed by atoms with Gasteiger partial charge in [-0.25, -0.2) is 9.78 Å². The number of aromatic nitrogens is 1. The molecule has 0 saturated carbocycles. The normalized spacial score (nSPS) is 10.3. The van der Waals surface area contributed by atoms with Crippen molar-refractivity contribution in [2.24, 2.45) is 0 Å². The van der Waals surface area contributed by atoms with E-state index in [4.69, 9.17) is 4.74 Å². The Kier molecular flexibility index (Phi) is 6.58. The SMILES string of the molecule is CCOC(=O)c1ccc(Nc2ccc(C(=O)N(C)Cc3ccccc3)nc2)cc1. The van der Waals surface area contributed by atoms with E-state index in [9.17, 15) is 9.59 Å². The lowest BCUT2D eigenvalue weighted by molar-refractivity contribution is 0.0526. The third-order valence-corrected chi connectivity index (χ3v) is 4.28. The van der Waals surface area contributed by atoms with E-state index >= 15 is 0 Å². The number of carbonyl (C=O) groups is 2. The first kappa shape index (κ1) is 20.1. The number of esters is 1. The topological polar surface area (TPSA) is 71.5 Å². The van der Waals surface area contributed by atoms with Crippen molar-refractivity contribution in [3.8, 4) is 0 Å². The van der Waals surface area contributed by atoms with E-state index in [1.165, 1.54) is 0 Å². The lowest BCUT2D eigenvalue weighted by atomic mass is 10.2. The number of anilines is 2. The minimum Gasteiger partial charge on any atom is -0.462 e. The van der Waals surface area contributed by atoms with Gasteiger partial charge in [0.05, 0.1) is 24.1 Å². The van der Waals surface area contributed by atoms with E-state index in [0.717, 1.165) is 16.9 Å². The lowest BCUT2D eigenvalue weighted by Gasteiger charge is -2.17. The van der Waals surface area contributed by atoms with Crippen molar-refractivity contribution in [2.75, 3.05) is 19.0 Å². The summed E-state index contributed by atoms with van der Waals surface area (Å²) in [5.41, 5.74) is 3.49. The standard InChI is InChI=1S/C23H23N3O3/c1-3-29-23(28)18-9-11-19(12-10-18)25-20-13-14-21(24-15-20)22(27)26(2)16-17-7-5-4-6-8-17/h4-15,25H,3,16H2,1-2H3. The molecule has 1 heterocycles. The molecule has 6 heteroatoms. The second-order valence-corrected chi connectivity index (χ2v) is 6.50. The monoisotopic (exact) mass is 389 g/mol. The zero-order valence-electron chi connectivity index (χ0n) is 16.5. The van der Waals surface area contributed by atoms with Crippen LogP contribution in [0.3, 0.4) is 0 Å². The molecule has 0 spiro atoms. The fourth-order valence-electron chi connectivity index (χ4n) is 2.79. The number of hydrogen-bond acceptors (Lipinski definition) is 5. The smallest absolute Gasteiger partial charge is 0.338 e. The van der Waals surface area contributed by atoms with E-state index in [-0.39, 0.29) is 11.9 Å². The molecule has 2 aromatic carbocycles. The van der Waals surface area contributed by atoms with Gasteiger partial charge in [0.25, 0.3) is 5.91 Å². The summed E-state index contributed by atoms with van der Waals surface area (Å²) >= 11 is 0. The second kappa shape index (κ2) is 9.50. The van der Waals surface area contributed by atoms with E-state index in [1.807, 2.05) is 30.3 Å². The average Bonchev–Trinajstić information content (AvgIpc) is 2.75. The van der Waals surface area contributed by atoms with Crippen molar-refractivity contribution in [1.29, 1.82) is 0 Å². The summed E-state index contributed by atoms with van der Waals surface area (Å²) < 4.78 is 4.97. The fourth-order valence-corrected chi connectivity index (χ4v) is 2.79. The van der Waals surface area contributed by atoms with Gasteiger partial charge < -0.3 is 15.0 Å². The molecule has 1 aromatic heterocycles. The van der Waals surface area contributed by atoms with Crippen molar-refractivity contribution < 1.29 is 14.3 Å². The molecule has 29 heavy (non-hydrogen) atoms. The Morgan fingerprint density at radius 3 is 2.28 bits per heavy atom. The Bertz CT molecular complexity index is 955. The van der Waals surface area contributed by atoms with Crippen LogP contribution in [0.5, 0.6) is 0 Å². The van der Waals surface area contributed by atoms with Gasteiger partial charge in [0.1, 0.15) is 5.69 Å². The number of ether oxygens (including phenoxy) is 1. The number of pyridine rings is 1. The first-order valence-electron chi connectivity index (χ1n) is 9.36. The predicted octanol–water partition coefficient (Wildman–Crippen LogP) is 4.27. The molecule has 0 aliphatic carbocycles. The van der Waals surface area contributed by atoms with Gasteiger partial charge in [-0.1, -0.05) is 30.3 Å². The van der Waals surface area contributed by atoms with Gasteiger partial charge in [-0.05, 0) is 48.9 Å². The number of hydrogen-bond donors (Lipinski definition) is 1. The fraction of sp³-hybridized carbons (Fsp3) is 0.174. The Morgan fingerprint density at radius 1 is 0.966 bits per heavy atom. The largest absolute Gasteiger partial charge is 0.462 e. The maximum Gasteiger partial charge on any atom is 0.338 e. The second-order valence-electron chi connectivity index (χ2n) is 6.50. The number of benzene rings is 2. The van der Waals surface area contributed by atoms with E-state index < -0.39 is 0 Å². The van der Waals surface area contributed by atoms with Crippen molar-refractivity contribution in [2.45, 2.75) is 13.5 Å². The Morgan fingerprint density at radius 2 is 1.66 bits per heavy atom. The zero-order valence-corrected chi connectivity index (χ0v) is 16.5. The van der Waals surface area contributed by atoms with Gasteiger partial charge in [0.2, 0.25) is 0 Å². The van der Waals surface area contributed by atoms with Crippen LogP contribution in [0.4, 0.5) is 11.4 Å². The highest BCUT2D eigenvalue weighted by atomic mass is 16.5. The lowest BCUT2D eigenvalue weighted by Crippen LogP contribution is -2.26. The average molecular weight is 389 g/mol. The first-order chi connectivity index (χ1) is 14.1. The number of rotatable bonds is 7. The number of amides is 1. The van der Waals surface area contributed by atoms with Crippen LogP contribution in [-0.2, 0) is 11.3 Å². The summed E-state index contributed by atoms with van der Waals surface area (Å²) in [5, 5.41) is 3.20. The van der Waals surface area contributed by atoms with Crippen molar-refractivity contribution >= 4 is 23.3 Å². The van der Waals surface area contributed by atoms with Crippen molar-refractivity contribution in [3.63, 3.8) is 0 Å². The van der Waals surface area contributed by atoms with Crippen LogP contribution in [0.25, 0.3) is 0 Å². The van der Waals surface area contributed by atoms with Gasteiger partial charge >= 0.3 is 5.97 Å². The van der Waals surface area contributed by atoms with E-state index in [1.54, 1.807) is 61.5 Å². The molecule has 1 amide bonds. The molecule has 0 aliphatic rings. The van der Waals surface area contributed by atoms with E-state index in [2.05, 4.69) is 10.3 Å². The number of nitrogens with zero attached hydrogens (tertiary/aromatic N) is 2. The van der Waals surface area contributed by atoms with Crippen LogP contribution in [0.2, 0.25) is 0 Å². The molecule has 0 saturated heterocycles. The van der Waals surface area contributed by atoms with Gasteiger partial charge in [0, 0.05) is 19.3 Å². The summed E-state index contributed by atoms with van der Waals surface area (Å²) in [6.45, 7) is 2.64. The highest BCUT2D eigenvalue weighted by Crippen LogP contribution is 2.17. The third-order valence-electron chi connectivity index (χ3n) is 4.28. The van der Waals surface area contributed by atoms with Crippen LogP contribution < -0.4 is 5.32 Å². The van der Waals surface area contributed by atoms with Crippen LogP contribution in [0, 0.1) is 0 Å². The van der Waals surface area contributed by atoms with Crippen LogP contribution in [0.1, 0.15) is 33.3 Å². The molecule has 0 fully saturated rings. The van der Waals surface area contributed by atoms with Gasteiger partial charge in [0.15, 0.2) is 0 Å². The first-order valence-corrected chi connectivity index (χ1v) is 9.36. The minimum absolute atomic E-state index is 0.140. The third kappa shape index (κ3) is 5.42. The summed E-state index contributed by atoms with van der Waals surface area (Å²) in [6.07, 6.45) is 1.61. The highest BCUT2D eigenvalue weighted by molar-refractivity contribution is 5.92. The zero-order chi connectivity index (χ0) is 20.6. The van der Waals surface area contributed by atoms with E-state index in [0.29, 0.717) is 24.4 Å². The van der Waals surface area contributed by atoms with Crippen molar-refractivity contribution in [1.82, 2.24) is 9.88 Å². The quantitative estimate of drug-likeness (QED) is 0.611. The molecule has 0 unspecified atom stereocenters. The Balaban J connectivity index is 1.61. The molecular weight excluding hydrogens is 366 g/mol. The molecule has 148 valence electrons. The molecule has 3 aromatic rings. The molecule has 0 atom stereocenters. The molecule has 0 aliphatic heterocycles. The summed E-state index contributed by atoms with van der Waals surface area (Å²) in [4.78, 5) is 30.2. The number of nitrogens with one attached hydrogen (secondary N) is 1. The minimum atomic E-state index is -0.344. The predicted molar refractivity (Wildman–Crippen MR) is 112 cm³/mol. The van der Waals surface area contributed by atoms with Crippen LogP contribution in [0.15, 0.2) is 72.9 Å². The molecule has 0 bridgehead atoms.